The van der Waals surface area contributed by atoms with Crippen LogP contribution in [0.4, 0.5) is 11.4 Å². The van der Waals surface area contributed by atoms with Gasteiger partial charge in [-0.15, -0.1) is 0 Å². The van der Waals surface area contributed by atoms with Gasteiger partial charge in [0.2, 0.25) is 0 Å². The van der Waals surface area contributed by atoms with Crippen LogP contribution in [0.25, 0.3) is 43.1 Å². The summed E-state index contributed by atoms with van der Waals surface area (Å²) in [7, 11) is 0. The van der Waals surface area contributed by atoms with Gasteiger partial charge in [-0.25, -0.2) is 9.80 Å². The van der Waals surface area contributed by atoms with Crippen LogP contribution in [0.2, 0.25) is 0 Å². The third-order valence-corrected chi connectivity index (χ3v) is 19.9. The Balaban J connectivity index is 0.852. The van der Waals surface area contributed by atoms with E-state index in [4.69, 9.17) is 0 Å². The van der Waals surface area contributed by atoms with Crippen LogP contribution in [-0.2, 0) is 12.8 Å². The summed E-state index contributed by atoms with van der Waals surface area (Å²) in [5.41, 5.74) is 5.43. The molecule has 0 bridgehead atoms. The summed E-state index contributed by atoms with van der Waals surface area (Å²) >= 11 is 7.84. The molecule has 0 saturated heterocycles. The second-order valence-corrected chi connectivity index (χ2v) is 26.8. The van der Waals surface area contributed by atoms with Crippen LogP contribution < -0.4 is 9.80 Å². The number of rotatable bonds is 40. The van der Waals surface area contributed by atoms with Crippen LogP contribution in [0.5, 0.6) is 0 Å². The molecular formula is C76H96Br2N2O4. The average molecular weight is 1260 g/mol. The predicted octanol–water partition coefficient (Wildman–Crippen LogP) is 24.0. The minimum absolute atomic E-state index is 0.316. The lowest BCUT2D eigenvalue weighted by molar-refractivity contribution is 0.0877. The first-order valence-corrected chi connectivity index (χ1v) is 35.4. The van der Waals surface area contributed by atoms with Gasteiger partial charge in [-0.05, 0) is 96.1 Å². The zero-order valence-electron chi connectivity index (χ0n) is 51.2. The fourth-order valence-electron chi connectivity index (χ4n) is 14.0. The highest BCUT2D eigenvalue weighted by Crippen LogP contribution is 2.51. The smallest absolute Gasteiger partial charge is 0.266 e. The Morgan fingerprint density at radius 3 is 0.917 bits per heavy atom. The molecule has 448 valence electrons. The van der Waals surface area contributed by atoms with E-state index < -0.39 is 0 Å². The maximum atomic E-state index is 15.2. The number of carbonyl (C=O) groups excluding carboxylic acids is 4. The molecule has 0 radical (unpaired) electrons. The van der Waals surface area contributed by atoms with E-state index in [1.807, 2.05) is 54.6 Å². The van der Waals surface area contributed by atoms with E-state index in [-0.39, 0.29) is 23.6 Å². The monoisotopic (exact) mass is 1260 g/mol. The molecule has 4 amide bonds. The van der Waals surface area contributed by atoms with Gasteiger partial charge in [0.15, 0.2) is 0 Å². The molecule has 0 saturated carbocycles. The van der Waals surface area contributed by atoms with Gasteiger partial charge >= 0.3 is 0 Å². The summed E-state index contributed by atoms with van der Waals surface area (Å²) in [4.78, 5) is 61.8. The molecule has 9 rings (SSSR count). The number of fused-ring (bicyclic) bond motifs is 2. The molecule has 7 aromatic carbocycles. The minimum atomic E-state index is -0.382. The molecule has 8 heteroatoms. The molecule has 7 aromatic rings. The number of imide groups is 2. The topological polar surface area (TPSA) is 74.8 Å². The Bertz CT molecular complexity index is 3250. The molecule has 0 N–H and O–H groups in total. The van der Waals surface area contributed by atoms with Crippen LogP contribution in [0.15, 0.2) is 93.9 Å². The van der Waals surface area contributed by atoms with Crippen molar-refractivity contribution in [3.63, 3.8) is 0 Å². The normalized spacial score (nSPS) is 13.4. The molecule has 0 aromatic heterocycles. The highest BCUT2D eigenvalue weighted by molar-refractivity contribution is 9.11. The maximum Gasteiger partial charge on any atom is 0.266 e. The zero-order valence-corrected chi connectivity index (χ0v) is 54.4. The SMILES string of the molecule is CCCCCCCCCCCCCCCCCCCCc1cc(CCCCCCCCCCCCCCCCCCCC)cc(N2C(=O)c3ccc4c5c(Br)cc6c7c(ccc(c8c(Br)cc(c3c48)C2=O)c75)C(=O)N(c2ccccc2)C6=O)c1. The van der Waals surface area contributed by atoms with Crippen molar-refractivity contribution < 1.29 is 19.2 Å². The Hall–Kier alpha value is -4.92. The Morgan fingerprint density at radius 2 is 0.583 bits per heavy atom. The second-order valence-electron chi connectivity index (χ2n) is 25.1. The first-order valence-electron chi connectivity index (χ1n) is 33.8. The molecule has 2 aliphatic rings. The predicted molar refractivity (Wildman–Crippen MR) is 363 cm³/mol. The Labute approximate surface area is 520 Å². The summed E-state index contributed by atoms with van der Waals surface area (Å²) in [5, 5.41) is 6.21. The number of carbonyl (C=O) groups is 4. The fraction of sp³-hybridized carbons (Fsp3) is 0.526. The first kappa shape index (κ1) is 63.6. The summed E-state index contributed by atoms with van der Waals surface area (Å²) in [6.07, 6.45) is 50.3. The number of hydrogen-bond donors (Lipinski definition) is 0. The van der Waals surface area contributed by atoms with E-state index in [1.54, 1.807) is 12.1 Å². The zero-order chi connectivity index (χ0) is 58.6. The molecule has 0 aliphatic carbocycles. The number of amides is 4. The highest BCUT2D eigenvalue weighted by Gasteiger charge is 2.39. The average Bonchev–Trinajstić information content (AvgIpc) is 0.764. The number of nitrogens with zero attached hydrogens (tertiary/aromatic N) is 2. The molecule has 0 spiro atoms. The van der Waals surface area contributed by atoms with Crippen LogP contribution in [-0.4, -0.2) is 23.6 Å². The first-order chi connectivity index (χ1) is 41.2. The third-order valence-electron chi connectivity index (χ3n) is 18.7. The van der Waals surface area contributed by atoms with E-state index in [9.17, 15) is 9.59 Å². The minimum Gasteiger partial charge on any atom is -0.268 e. The number of halogens is 2. The van der Waals surface area contributed by atoms with Crippen LogP contribution >= 0.6 is 31.9 Å². The van der Waals surface area contributed by atoms with Crippen LogP contribution in [0.3, 0.4) is 0 Å². The molecule has 2 aliphatic heterocycles. The molecule has 2 heterocycles. The van der Waals surface area contributed by atoms with Crippen molar-refractivity contribution in [3.05, 3.63) is 127 Å². The van der Waals surface area contributed by atoms with E-state index in [0.29, 0.717) is 53.3 Å². The van der Waals surface area contributed by atoms with Gasteiger partial charge in [-0.2, -0.15) is 0 Å². The lowest BCUT2D eigenvalue weighted by Crippen LogP contribution is -2.40. The largest absolute Gasteiger partial charge is 0.268 e. The van der Waals surface area contributed by atoms with E-state index in [0.717, 1.165) is 58.0 Å². The van der Waals surface area contributed by atoms with E-state index in [1.165, 1.54) is 239 Å². The lowest BCUT2D eigenvalue weighted by Gasteiger charge is -2.31. The number of anilines is 2. The van der Waals surface area contributed by atoms with Crippen molar-refractivity contribution in [1.29, 1.82) is 0 Å². The van der Waals surface area contributed by atoms with Gasteiger partial charge in [0, 0.05) is 52.4 Å². The van der Waals surface area contributed by atoms with Gasteiger partial charge in [-0.3, -0.25) is 19.2 Å². The van der Waals surface area contributed by atoms with E-state index >= 15 is 9.59 Å². The van der Waals surface area contributed by atoms with Crippen molar-refractivity contribution >= 4 is 110 Å². The van der Waals surface area contributed by atoms with Gasteiger partial charge in [-0.1, -0.05) is 300 Å². The number of benzene rings is 7. The van der Waals surface area contributed by atoms with Crippen molar-refractivity contribution in [2.45, 2.75) is 258 Å². The number of hydrogen-bond acceptors (Lipinski definition) is 4. The van der Waals surface area contributed by atoms with Gasteiger partial charge in [0.25, 0.3) is 23.6 Å². The maximum absolute atomic E-state index is 15.2. The molecule has 84 heavy (non-hydrogen) atoms. The van der Waals surface area contributed by atoms with Crippen molar-refractivity contribution in [3.8, 4) is 0 Å². The van der Waals surface area contributed by atoms with Crippen molar-refractivity contribution in [2.24, 2.45) is 0 Å². The molecule has 0 unspecified atom stereocenters. The quantitative estimate of drug-likeness (QED) is 0.0166. The fourth-order valence-corrected chi connectivity index (χ4v) is 15.3. The van der Waals surface area contributed by atoms with Crippen molar-refractivity contribution in [2.75, 3.05) is 9.80 Å². The van der Waals surface area contributed by atoms with Gasteiger partial charge in [0.1, 0.15) is 0 Å². The number of unbranched alkanes of at least 4 members (excludes halogenated alkanes) is 34. The Kier molecular flexibility index (Phi) is 24.8. The number of aryl methyl sites for hydroxylation is 2. The van der Waals surface area contributed by atoms with E-state index in [2.05, 4.69) is 63.9 Å². The van der Waals surface area contributed by atoms with Crippen molar-refractivity contribution in [1.82, 2.24) is 0 Å². The lowest BCUT2D eigenvalue weighted by atomic mass is 9.82. The molecular weight excluding hydrogens is 1160 g/mol. The molecule has 0 fully saturated rings. The third kappa shape index (κ3) is 15.6. The van der Waals surface area contributed by atoms with Crippen LogP contribution in [0, 0.1) is 0 Å². The Morgan fingerprint density at radius 1 is 0.286 bits per heavy atom. The summed E-state index contributed by atoms with van der Waals surface area (Å²) in [6.45, 7) is 4.58. The molecule has 6 nitrogen and oxygen atoms in total. The number of para-hydroxylation sites is 1. The van der Waals surface area contributed by atoms with Crippen LogP contribution in [0.1, 0.15) is 298 Å². The highest BCUT2D eigenvalue weighted by atomic mass is 79.9. The standard InChI is InChI=1S/C76H96Br2N2O4/c1-3-5-7-9-11-13-15-17-19-21-23-25-27-29-31-33-35-38-42-55-50-56(43-39-36-34-32-30-28-26-24-22-20-18-16-14-12-10-8-6-4-2)52-58(51-55)80-74(82)62-49-47-60-69-65(77)53-63-67-61(73(81)79(75(63)83)57-44-40-37-41-45-57)48-46-59(71(67)69)70-66(78)54-64(76(80)84)68(62)72(60)70/h37,40-41,44-54H,3-36,38-39,42-43H2,1-2H3. The summed E-state index contributed by atoms with van der Waals surface area (Å²) in [6, 6.07) is 27.0. The summed E-state index contributed by atoms with van der Waals surface area (Å²) < 4.78 is 1.41. The molecule has 0 atom stereocenters. The second kappa shape index (κ2) is 32.7. The van der Waals surface area contributed by atoms with Gasteiger partial charge < -0.3 is 0 Å². The van der Waals surface area contributed by atoms with Gasteiger partial charge in [0.05, 0.1) is 22.5 Å². The summed E-state index contributed by atoms with van der Waals surface area (Å²) in [5.74, 6) is -1.40.